The first-order valence-corrected chi connectivity index (χ1v) is 5.61. The highest BCUT2D eigenvalue weighted by molar-refractivity contribution is 7.99. The van der Waals surface area contributed by atoms with E-state index in [-0.39, 0.29) is 5.56 Å². The maximum absolute atomic E-state index is 12.6. The number of halogens is 3. The molecule has 0 saturated heterocycles. The molecule has 0 aliphatic rings. The van der Waals surface area contributed by atoms with Gasteiger partial charge in [0.1, 0.15) is 0 Å². The van der Waals surface area contributed by atoms with Crippen molar-refractivity contribution >= 4 is 11.8 Å². The fraction of sp³-hybridized carbons (Fsp3) is 0.0909. The molecule has 92 valence electrons. The van der Waals surface area contributed by atoms with E-state index in [1.807, 2.05) is 0 Å². The van der Waals surface area contributed by atoms with E-state index in [9.17, 15) is 13.2 Å². The van der Waals surface area contributed by atoms with E-state index in [2.05, 4.69) is 9.97 Å². The molecular weight excluding hydrogens is 263 g/mol. The summed E-state index contributed by atoms with van der Waals surface area (Å²) in [5, 5.41) is 9.30. The Morgan fingerprint density at radius 2 is 2.11 bits per heavy atom. The number of aromatic nitrogens is 2. The number of aromatic amines is 1. The van der Waals surface area contributed by atoms with Gasteiger partial charge in [-0.2, -0.15) is 18.4 Å². The number of benzene rings is 1. The Morgan fingerprint density at radius 1 is 1.33 bits per heavy atom. The van der Waals surface area contributed by atoms with Gasteiger partial charge in [-0.3, -0.25) is 0 Å². The monoisotopic (exact) mass is 269 g/mol. The second kappa shape index (κ2) is 4.74. The van der Waals surface area contributed by atoms with Gasteiger partial charge in [0.25, 0.3) is 0 Å². The fourth-order valence-electron chi connectivity index (χ4n) is 1.34. The van der Waals surface area contributed by atoms with Gasteiger partial charge in [0.2, 0.25) is 0 Å². The maximum Gasteiger partial charge on any atom is 0.417 e. The van der Waals surface area contributed by atoms with Gasteiger partial charge in [-0.25, -0.2) is 4.98 Å². The van der Waals surface area contributed by atoms with Gasteiger partial charge in [-0.15, -0.1) is 0 Å². The molecule has 0 amide bonds. The van der Waals surface area contributed by atoms with Gasteiger partial charge in [0, 0.05) is 17.3 Å². The van der Waals surface area contributed by atoms with Crippen molar-refractivity contribution in [3.63, 3.8) is 0 Å². The van der Waals surface area contributed by atoms with Gasteiger partial charge in [-0.1, -0.05) is 11.8 Å². The van der Waals surface area contributed by atoms with E-state index in [0.29, 0.717) is 10.1 Å². The largest absolute Gasteiger partial charge is 0.417 e. The molecule has 0 unspecified atom stereocenters. The minimum absolute atomic E-state index is 0.390. The number of rotatable bonds is 2. The molecule has 7 heteroatoms. The minimum atomic E-state index is -4.51. The molecule has 1 aromatic heterocycles. The molecule has 2 aromatic rings. The molecule has 3 nitrogen and oxygen atoms in total. The van der Waals surface area contributed by atoms with Crippen molar-refractivity contribution < 1.29 is 13.2 Å². The molecule has 2 rings (SSSR count). The molecule has 0 aliphatic heterocycles. The van der Waals surface area contributed by atoms with E-state index in [1.165, 1.54) is 18.3 Å². The summed E-state index contributed by atoms with van der Waals surface area (Å²) >= 11 is 1.16. The van der Waals surface area contributed by atoms with Gasteiger partial charge < -0.3 is 4.98 Å². The third kappa shape index (κ3) is 2.65. The Bertz CT molecular complexity index is 585. The number of imidazole rings is 1. The number of H-pyrrole nitrogens is 1. The highest BCUT2D eigenvalue weighted by Crippen LogP contribution is 2.34. The standard InChI is InChI=1S/C11H6F3N3S/c12-11(13,14)9-2-1-8(5-7(9)6-15)18-10-16-3-4-17-10/h1-5H,(H,16,17). The predicted octanol–water partition coefficient (Wildman–Crippen LogP) is 3.45. The van der Waals surface area contributed by atoms with Crippen LogP contribution in [0.15, 0.2) is 40.6 Å². The Morgan fingerprint density at radius 3 is 2.67 bits per heavy atom. The number of alkyl halides is 3. The van der Waals surface area contributed by atoms with Crippen molar-refractivity contribution in [2.24, 2.45) is 0 Å². The molecule has 18 heavy (non-hydrogen) atoms. The van der Waals surface area contributed by atoms with Crippen LogP contribution in [0.2, 0.25) is 0 Å². The summed E-state index contributed by atoms with van der Waals surface area (Å²) in [7, 11) is 0. The van der Waals surface area contributed by atoms with Crippen molar-refractivity contribution in [2.75, 3.05) is 0 Å². The number of nitrogens with one attached hydrogen (secondary N) is 1. The van der Waals surface area contributed by atoms with E-state index in [4.69, 9.17) is 5.26 Å². The van der Waals surface area contributed by atoms with Gasteiger partial charge >= 0.3 is 6.18 Å². The first-order chi connectivity index (χ1) is 8.50. The second-order valence-corrected chi connectivity index (χ2v) is 4.38. The number of nitriles is 1. The summed E-state index contributed by atoms with van der Waals surface area (Å²) in [6.07, 6.45) is -1.37. The van der Waals surface area contributed by atoms with Crippen LogP contribution < -0.4 is 0 Å². The van der Waals surface area contributed by atoms with Crippen LogP contribution in [0.1, 0.15) is 11.1 Å². The van der Waals surface area contributed by atoms with Gasteiger partial charge in [0.05, 0.1) is 17.2 Å². The van der Waals surface area contributed by atoms with Crippen molar-refractivity contribution in [1.29, 1.82) is 5.26 Å². The van der Waals surface area contributed by atoms with Crippen LogP contribution in [-0.2, 0) is 6.18 Å². The molecule has 1 N–H and O–H groups in total. The summed E-state index contributed by atoms with van der Waals surface area (Å²) in [6.45, 7) is 0. The van der Waals surface area contributed by atoms with Gasteiger partial charge in [0.15, 0.2) is 5.16 Å². The molecule has 0 spiro atoms. The average Bonchev–Trinajstić information content (AvgIpc) is 2.80. The number of hydrogen-bond donors (Lipinski definition) is 1. The van der Waals surface area contributed by atoms with Crippen LogP contribution in [0.5, 0.6) is 0 Å². The molecular formula is C11H6F3N3S. The van der Waals surface area contributed by atoms with E-state index < -0.39 is 11.7 Å². The summed E-state index contributed by atoms with van der Waals surface area (Å²) < 4.78 is 37.7. The van der Waals surface area contributed by atoms with Crippen molar-refractivity contribution in [1.82, 2.24) is 9.97 Å². The average molecular weight is 269 g/mol. The zero-order valence-electron chi connectivity index (χ0n) is 8.82. The van der Waals surface area contributed by atoms with Crippen molar-refractivity contribution in [3.8, 4) is 6.07 Å². The molecule has 0 radical (unpaired) electrons. The Balaban J connectivity index is 2.34. The molecule has 1 aromatic carbocycles. The third-order valence-corrected chi connectivity index (χ3v) is 3.01. The normalized spacial score (nSPS) is 11.2. The van der Waals surface area contributed by atoms with Crippen LogP contribution in [0.4, 0.5) is 13.2 Å². The fourth-order valence-corrected chi connectivity index (χ4v) is 2.12. The lowest BCUT2D eigenvalue weighted by Gasteiger charge is -2.09. The van der Waals surface area contributed by atoms with E-state index >= 15 is 0 Å². The summed E-state index contributed by atoms with van der Waals surface area (Å²) in [5.74, 6) is 0. The zero-order valence-corrected chi connectivity index (χ0v) is 9.64. The van der Waals surface area contributed by atoms with Crippen LogP contribution in [0.25, 0.3) is 0 Å². The first-order valence-electron chi connectivity index (χ1n) is 4.79. The van der Waals surface area contributed by atoms with Crippen LogP contribution >= 0.6 is 11.8 Å². The highest BCUT2D eigenvalue weighted by Gasteiger charge is 2.33. The first kappa shape index (κ1) is 12.5. The molecule has 0 fully saturated rings. The quantitative estimate of drug-likeness (QED) is 0.908. The lowest BCUT2D eigenvalue weighted by molar-refractivity contribution is -0.137. The predicted molar refractivity (Wildman–Crippen MR) is 58.9 cm³/mol. The molecule has 0 bridgehead atoms. The molecule has 0 aliphatic carbocycles. The summed E-state index contributed by atoms with van der Waals surface area (Å²) in [4.78, 5) is 7.28. The van der Waals surface area contributed by atoms with E-state index in [0.717, 1.165) is 17.8 Å². The zero-order chi connectivity index (χ0) is 13.2. The number of nitrogens with zero attached hydrogens (tertiary/aromatic N) is 2. The smallest absolute Gasteiger partial charge is 0.339 e. The van der Waals surface area contributed by atoms with Crippen LogP contribution in [0.3, 0.4) is 0 Å². The molecule has 1 heterocycles. The van der Waals surface area contributed by atoms with Crippen LogP contribution in [-0.4, -0.2) is 9.97 Å². The van der Waals surface area contributed by atoms with E-state index in [1.54, 1.807) is 12.3 Å². The third-order valence-electron chi connectivity index (χ3n) is 2.10. The van der Waals surface area contributed by atoms with Crippen LogP contribution in [0, 0.1) is 11.3 Å². The Hall–Kier alpha value is -1.94. The minimum Gasteiger partial charge on any atom is -0.339 e. The summed E-state index contributed by atoms with van der Waals surface area (Å²) in [5.41, 5.74) is -1.31. The molecule has 0 saturated carbocycles. The van der Waals surface area contributed by atoms with Crippen molar-refractivity contribution in [2.45, 2.75) is 16.2 Å². The molecule has 0 atom stereocenters. The lowest BCUT2D eigenvalue weighted by atomic mass is 10.1. The number of hydrogen-bond acceptors (Lipinski definition) is 3. The van der Waals surface area contributed by atoms with Gasteiger partial charge in [-0.05, 0) is 18.2 Å². The Kier molecular flexibility index (Phi) is 3.30. The van der Waals surface area contributed by atoms with Crippen molar-refractivity contribution in [3.05, 3.63) is 41.7 Å². The lowest BCUT2D eigenvalue weighted by Crippen LogP contribution is -2.07. The maximum atomic E-state index is 12.6. The summed E-state index contributed by atoms with van der Waals surface area (Å²) in [6, 6.07) is 4.99. The Labute approximate surface area is 105 Å². The SMILES string of the molecule is N#Cc1cc(Sc2ncc[nH]2)ccc1C(F)(F)F. The highest BCUT2D eigenvalue weighted by atomic mass is 32.2. The topological polar surface area (TPSA) is 52.5 Å². The second-order valence-electron chi connectivity index (χ2n) is 3.31.